The van der Waals surface area contributed by atoms with Crippen LogP contribution in [0.5, 0.6) is 0 Å². The van der Waals surface area contributed by atoms with E-state index in [-0.39, 0.29) is 29.0 Å². The molecule has 3 aromatic rings. The second-order valence-electron chi connectivity index (χ2n) is 9.50. The third-order valence-corrected chi connectivity index (χ3v) is 10.5. The quantitative estimate of drug-likeness (QED) is 0.316. The van der Waals surface area contributed by atoms with Gasteiger partial charge in [0.05, 0.1) is 28.3 Å². The highest BCUT2D eigenvalue weighted by atomic mass is 32.2. The monoisotopic (exact) mass is 570 g/mol. The van der Waals surface area contributed by atoms with Crippen molar-refractivity contribution in [2.75, 3.05) is 21.3 Å². The Morgan fingerprint density at radius 1 is 1.05 bits per heavy atom. The number of allylic oxidation sites excluding steroid dienone is 2. The standard InChI is InChI=1S/C30H26N4O2S3/c31-17-22-21-10-1-4-13-25(21)39-29(22)33-28(35)18-37-20-9-7-8-19(16-20)32-30(36)34-23-11-2-5-14-26(23)38-27-15-6-3-12-24(27)34/h2-3,5-9,11-12,14-16,23,26H,1,4,10,13,18H2,(H,32,36)(H,33,35). The van der Waals surface area contributed by atoms with E-state index in [4.69, 9.17) is 0 Å². The number of carbonyl (C=O) groups excluding carboxylic acids is 2. The SMILES string of the molecule is N#Cc1c(NC(=O)CSc2cccc(NC(=O)N3c4ccccc4SC4C=CC=CC43)c2)sc2c1CCCC2. The first-order valence-corrected chi connectivity index (χ1v) is 15.6. The maximum Gasteiger partial charge on any atom is 0.326 e. The molecule has 2 aromatic carbocycles. The fraction of sp³-hybridized carbons (Fsp3) is 0.233. The summed E-state index contributed by atoms with van der Waals surface area (Å²) in [5, 5.41) is 16.5. The molecule has 39 heavy (non-hydrogen) atoms. The van der Waals surface area contributed by atoms with Crippen LogP contribution in [-0.4, -0.2) is 29.0 Å². The van der Waals surface area contributed by atoms with Gasteiger partial charge in [-0.25, -0.2) is 4.79 Å². The molecule has 6 rings (SSSR count). The van der Waals surface area contributed by atoms with E-state index in [1.807, 2.05) is 59.5 Å². The molecule has 6 nitrogen and oxygen atoms in total. The van der Waals surface area contributed by atoms with E-state index >= 15 is 0 Å². The second-order valence-corrected chi connectivity index (χ2v) is 12.9. The minimum atomic E-state index is -0.191. The zero-order chi connectivity index (χ0) is 26.8. The summed E-state index contributed by atoms with van der Waals surface area (Å²) in [5.74, 6) is 0.0674. The molecule has 9 heteroatoms. The number of rotatable bonds is 5. The van der Waals surface area contributed by atoms with E-state index in [1.165, 1.54) is 28.0 Å². The van der Waals surface area contributed by atoms with Crippen LogP contribution in [0.2, 0.25) is 0 Å². The van der Waals surface area contributed by atoms with Gasteiger partial charge in [0.25, 0.3) is 0 Å². The van der Waals surface area contributed by atoms with Crippen LogP contribution in [-0.2, 0) is 17.6 Å². The van der Waals surface area contributed by atoms with E-state index in [0.29, 0.717) is 16.3 Å². The van der Waals surface area contributed by atoms with Gasteiger partial charge in [-0.3, -0.25) is 9.69 Å². The molecule has 2 atom stereocenters. The zero-order valence-corrected chi connectivity index (χ0v) is 23.5. The number of fused-ring (bicyclic) bond motifs is 3. The van der Waals surface area contributed by atoms with Gasteiger partial charge >= 0.3 is 6.03 Å². The number of thiophene rings is 1. The lowest BCUT2D eigenvalue weighted by molar-refractivity contribution is -0.113. The first-order chi connectivity index (χ1) is 19.1. The molecule has 196 valence electrons. The highest BCUT2D eigenvalue weighted by molar-refractivity contribution is 8.00. The van der Waals surface area contributed by atoms with Crippen LogP contribution in [0, 0.1) is 11.3 Å². The van der Waals surface area contributed by atoms with Gasteiger partial charge in [0.1, 0.15) is 11.1 Å². The third kappa shape index (κ3) is 5.37. The Balaban J connectivity index is 1.12. The predicted octanol–water partition coefficient (Wildman–Crippen LogP) is 7.24. The molecule has 2 unspecified atom stereocenters. The van der Waals surface area contributed by atoms with Crippen LogP contribution < -0.4 is 15.5 Å². The number of nitrogens with zero attached hydrogens (tertiary/aromatic N) is 2. The number of aryl methyl sites for hydroxylation is 1. The van der Waals surface area contributed by atoms with Gasteiger partial charge in [-0.05, 0) is 61.6 Å². The van der Waals surface area contributed by atoms with Gasteiger partial charge in [-0.15, -0.1) is 34.9 Å². The molecular formula is C30H26N4O2S3. The lowest BCUT2D eigenvalue weighted by atomic mass is 9.96. The molecule has 0 spiro atoms. The van der Waals surface area contributed by atoms with Crippen LogP contribution >= 0.6 is 34.9 Å². The van der Waals surface area contributed by atoms with Crippen LogP contribution in [0.4, 0.5) is 21.2 Å². The minimum Gasteiger partial charge on any atom is -0.316 e. The molecule has 0 fully saturated rings. The fourth-order valence-corrected chi connectivity index (χ4v) is 8.43. The summed E-state index contributed by atoms with van der Waals surface area (Å²) in [7, 11) is 0. The summed E-state index contributed by atoms with van der Waals surface area (Å²) >= 11 is 4.71. The van der Waals surface area contributed by atoms with Crippen molar-refractivity contribution in [1.82, 2.24) is 0 Å². The summed E-state index contributed by atoms with van der Waals surface area (Å²) in [5.41, 5.74) is 3.31. The summed E-state index contributed by atoms with van der Waals surface area (Å²) in [4.78, 5) is 31.3. The molecule has 1 aromatic heterocycles. The highest BCUT2D eigenvalue weighted by Crippen LogP contribution is 2.44. The average molecular weight is 571 g/mol. The number of benzene rings is 2. The van der Waals surface area contributed by atoms with Crippen molar-refractivity contribution >= 4 is 63.2 Å². The van der Waals surface area contributed by atoms with Crippen LogP contribution in [0.1, 0.15) is 28.8 Å². The maximum absolute atomic E-state index is 13.6. The number of hydrogen-bond donors (Lipinski definition) is 2. The topological polar surface area (TPSA) is 85.2 Å². The van der Waals surface area contributed by atoms with Gasteiger partial charge in [0.15, 0.2) is 0 Å². The molecule has 3 aliphatic rings. The molecule has 3 amide bonds. The number of thioether (sulfide) groups is 2. The number of para-hydroxylation sites is 1. The van der Waals surface area contributed by atoms with Gasteiger partial charge in [0, 0.05) is 20.4 Å². The minimum absolute atomic E-state index is 0.0719. The number of nitriles is 1. The first-order valence-electron chi connectivity index (χ1n) is 12.9. The molecule has 2 N–H and O–H groups in total. The van der Waals surface area contributed by atoms with Crippen molar-refractivity contribution in [2.45, 2.75) is 46.8 Å². The summed E-state index contributed by atoms with van der Waals surface area (Å²) in [6.07, 6.45) is 12.3. The number of nitrogens with one attached hydrogen (secondary N) is 2. The van der Waals surface area contributed by atoms with Crippen LogP contribution in [0.15, 0.2) is 82.6 Å². The van der Waals surface area contributed by atoms with Gasteiger partial charge in [-0.2, -0.15) is 5.26 Å². The summed E-state index contributed by atoms with van der Waals surface area (Å²) in [6, 6.07) is 17.6. The van der Waals surface area contributed by atoms with E-state index in [0.717, 1.165) is 46.7 Å². The van der Waals surface area contributed by atoms with E-state index in [2.05, 4.69) is 34.9 Å². The Morgan fingerprint density at radius 2 is 1.90 bits per heavy atom. The van der Waals surface area contributed by atoms with Crippen molar-refractivity contribution in [2.24, 2.45) is 0 Å². The molecular weight excluding hydrogens is 545 g/mol. The zero-order valence-electron chi connectivity index (χ0n) is 21.1. The molecule has 2 aliphatic carbocycles. The number of amides is 3. The maximum atomic E-state index is 13.6. The summed E-state index contributed by atoms with van der Waals surface area (Å²) < 4.78 is 0. The molecule has 1 aliphatic heterocycles. The second kappa shape index (κ2) is 11.3. The van der Waals surface area contributed by atoms with Gasteiger partial charge < -0.3 is 10.6 Å². The van der Waals surface area contributed by atoms with Crippen molar-refractivity contribution in [3.05, 3.63) is 88.8 Å². The van der Waals surface area contributed by atoms with Crippen molar-refractivity contribution in [1.29, 1.82) is 5.26 Å². The molecule has 2 heterocycles. The number of anilines is 3. The average Bonchev–Trinajstić information content (AvgIpc) is 3.31. The lowest BCUT2D eigenvalue weighted by Crippen LogP contribution is -2.49. The molecule has 0 radical (unpaired) electrons. The number of carbonyl (C=O) groups is 2. The van der Waals surface area contributed by atoms with E-state index < -0.39 is 0 Å². The van der Waals surface area contributed by atoms with E-state index in [9.17, 15) is 14.9 Å². The Kier molecular flexibility index (Phi) is 7.51. The molecule has 0 bridgehead atoms. The van der Waals surface area contributed by atoms with Crippen LogP contribution in [0.25, 0.3) is 0 Å². The fourth-order valence-electron chi connectivity index (χ4n) is 5.16. The Morgan fingerprint density at radius 3 is 2.79 bits per heavy atom. The van der Waals surface area contributed by atoms with Crippen molar-refractivity contribution in [3.63, 3.8) is 0 Å². The Hall–Kier alpha value is -3.45. The van der Waals surface area contributed by atoms with Gasteiger partial charge in [0.2, 0.25) is 5.91 Å². The molecule has 0 saturated carbocycles. The number of urea groups is 1. The summed E-state index contributed by atoms with van der Waals surface area (Å²) in [6.45, 7) is 0. The highest BCUT2D eigenvalue weighted by Gasteiger charge is 2.36. The third-order valence-electron chi connectivity index (χ3n) is 6.95. The lowest BCUT2D eigenvalue weighted by Gasteiger charge is -2.40. The van der Waals surface area contributed by atoms with Crippen molar-refractivity contribution in [3.8, 4) is 6.07 Å². The molecule has 0 saturated heterocycles. The van der Waals surface area contributed by atoms with E-state index in [1.54, 1.807) is 11.8 Å². The Labute approximate surface area is 240 Å². The largest absolute Gasteiger partial charge is 0.326 e. The number of hydrogen-bond acceptors (Lipinski definition) is 6. The van der Waals surface area contributed by atoms with Gasteiger partial charge in [-0.1, -0.05) is 42.5 Å². The Bertz CT molecular complexity index is 1540. The smallest absolute Gasteiger partial charge is 0.316 e. The van der Waals surface area contributed by atoms with Crippen LogP contribution in [0.3, 0.4) is 0 Å². The normalized spacial score (nSPS) is 18.9. The predicted molar refractivity (Wildman–Crippen MR) is 161 cm³/mol. The van der Waals surface area contributed by atoms with Crippen molar-refractivity contribution < 1.29 is 9.59 Å². The first kappa shape index (κ1) is 25.8.